The number of likely N-dealkylation sites (N-methyl/N-ethyl adjacent to an activating group) is 2. The number of hydrogen-bond donors (Lipinski definition) is 2. The van der Waals surface area contributed by atoms with Crippen LogP contribution in [0.25, 0.3) is 10.9 Å². The zero-order chi connectivity index (χ0) is 27.8. The Labute approximate surface area is 230 Å². The third-order valence-corrected chi connectivity index (χ3v) is 7.14. The Morgan fingerprint density at radius 3 is 2.59 bits per heavy atom. The largest absolute Gasteiger partial charge is 0.464 e. The molecule has 2 aromatic heterocycles. The number of nitrogens with zero attached hydrogens (tertiary/aromatic N) is 3. The molecule has 0 radical (unpaired) electrons. The molecule has 1 aliphatic rings. The van der Waals surface area contributed by atoms with E-state index in [2.05, 4.69) is 5.32 Å². The van der Waals surface area contributed by atoms with Gasteiger partial charge in [-0.25, -0.2) is 0 Å². The number of aliphatic hydroxyl groups excluding tert-OH is 1. The monoisotopic (exact) mass is 548 g/mol. The van der Waals surface area contributed by atoms with Gasteiger partial charge in [-0.15, -0.1) is 0 Å². The van der Waals surface area contributed by atoms with E-state index in [4.69, 9.17) is 16.0 Å². The van der Waals surface area contributed by atoms with Crippen LogP contribution in [0.1, 0.15) is 39.1 Å². The van der Waals surface area contributed by atoms with Gasteiger partial charge in [0, 0.05) is 43.3 Å². The van der Waals surface area contributed by atoms with Crippen LogP contribution in [0.4, 0.5) is 5.69 Å². The lowest BCUT2D eigenvalue weighted by Gasteiger charge is -2.29. The minimum Gasteiger partial charge on any atom is -0.464 e. The number of rotatable bonds is 8. The molecule has 2 aromatic carbocycles. The van der Waals surface area contributed by atoms with E-state index in [-0.39, 0.29) is 24.6 Å². The molecule has 9 nitrogen and oxygen atoms in total. The van der Waals surface area contributed by atoms with Gasteiger partial charge in [0.05, 0.1) is 11.2 Å². The number of nitrogens with one attached hydrogen (secondary N) is 1. The van der Waals surface area contributed by atoms with Gasteiger partial charge in [-0.05, 0) is 61.5 Å². The van der Waals surface area contributed by atoms with E-state index in [0.717, 1.165) is 16.9 Å². The molecular weight excluding hydrogens is 520 g/mol. The molecular formula is C29H29ClN4O5. The molecule has 0 unspecified atom stereocenters. The van der Waals surface area contributed by atoms with Crippen molar-refractivity contribution in [3.05, 3.63) is 98.2 Å². The maximum absolute atomic E-state index is 13.6. The number of aryl methyl sites for hydroxylation is 1. The summed E-state index contributed by atoms with van der Waals surface area (Å²) in [4.78, 5) is 42.9. The maximum atomic E-state index is 13.6. The predicted molar refractivity (Wildman–Crippen MR) is 149 cm³/mol. The van der Waals surface area contributed by atoms with Crippen LogP contribution in [0.5, 0.6) is 0 Å². The van der Waals surface area contributed by atoms with Crippen LogP contribution in [0.3, 0.4) is 0 Å². The SMILES string of the molecule is Cc1ccc([C@@H](O)CN(C)Cc2cc3c4c(c2)c(=O)c(C(=O)NCc2ccc(Cl)cc2)cn4CC(=O)N3C)o1. The highest BCUT2D eigenvalue weighted by Crippen LogP contribution is 2.31. The van der Waals surface area contributed by atoms with Crippen LogP contribution in [-0.4, -0.2) is 47.0 Å². The number of furan rings is 1. The number of hydrogen-bond acceptors (Lipinski definition) is 6. The standard InChI is InChI=1S/C29H29ClN4O5/c1-17-4-9-25(39-17)24(35)15-32(2)13-19-10-21-27-23(11-19)33(3)26(36)16-34(27)14-22(28(21)37)29(38)31-12-18-5-7-20(30)8-6-18/h4-11,14,24,35H,12-13,15-16H2,1-3H3,(H,31,38)/t24-/m0/s1. The first-order chi connectivity index (χ1) is 18.6. The molecule has 0 bridgehead atoms. The quantitative estimate of drug-likeness (QED) is 0.348. The summed E-state index contributed by atoms with van der Waals surface area (Å²) in [5.41, 5.74) is 2.37. The fourth-order valence-electron chi connectivity index (χ4n) is 4.87. The number of amides is 2. The molecule has 4 aromatic rings. The van der Waals surface area contributed by atoms with Crippen LogP contribution in [0.2, 0.25) is 5.02 Å². The predicted octanol–water partition coefficient (Wildman–Crippen LogP) is 3.63. The van der Waals surface area contributed by atoms with Crippen molar-refractivity contribution in [2.24, 2.45) is 0 Å². The zero-order valence-corrected chi connectivity index (χ0v) is 22.7. The lowest BCUT2D eigenvalue weighted by Crippen LogP contribution is -2.37. The van der Waals surface area contributed by atoms with E-state index in [0.29, 0.717) is 40.5 Å². The molecule has 10 heteroatoms. The number of benzene rings is 2. The maximum Gasteiger partial charge on any atom is 0.257 e. The van der Waals surface area contributed by atoms with E-state index in [1.165, 1.54) is 11.1 Å². The van der Waals surface area contributed by atoms with Gasteiger partial charge in [-0.1, -0.05) is 23.7 Å². The van der Waals surface area contributed by atoms with Gasteiger partial charge in [-0.2, -0.15) is 0 Å². The van der Waals surface area contributed by atoms with Gasteiger partial charge in [0.1, 0.15) is 29.7 Å². The molecule has 3 heterocycles. The molecule has 0 aliphatic carbocycles. The Morgan fingerprint density at radius 1 is 1.15 bits per heavy atom. The number of anilines is 1. The number of carbonyl (C=O) groups excluding carboxylic acids is 2. The Bertz CT molecular complexity index is 1630. The summed E-state index contributed by atoms with van der Waals surface area (Å²) in [5, 5.41) is 14.3. The highest BCUT2D eigenvalue weighted by Gasteiger charge is 2.27. The minimum atomic E-state index is -0.820. The summed E-state index contributed by atoms with van der Waals surface area (Å²) in [5.74, 6) is 0.523. The first kappa shape index (κ1) is 26.7. The van der Waals surface area contributed by atoms with E-state index < -0.39 is 17.4 Å². The number of aromatic nitrogens is 1. The highest BCUT2D eigenvalue weighted by molar-refractivity contribution is 6.30. The Balaban J connectivity index is 1.46. The molecule has 1 aliphatic heterocycles. The topological polar surface area (TPSA) is 108 Å². The van der Waals surface area contributed by atoms with Crippen molar-refractivity contribution in [1.82, 2.24) is 14.8 Å². The molecule has 1 atom stereocenters. The summed E-state index contributed by atoms with van der Waals surface area (Å²) >= 11 is 5.94. The van der Waals surface area contributed by atoms with E-state index >= 15 is 0 Å². The summed E-state index contributed by atoms with van der Waals surface area (Å²) in [6.07, 6.45) is 0.643. The van der Waals surface area contributed by atoms with Crippen LogP contribution >= 0.6 is 11.6 Å². The van der Waals surface area contributed by atoms with Gasteiger partial charge >= 0.3 is 0 Å². The second-order valence-corrected chi connectivity index (χ2v) is 10.4. The Kier molecular flexibility index (Phi) is 7.31. The van der Waals surface area contributed by atoms with Crippen molar-refractivity contribution < 1.29 is 19.1 Å². The van der Waals surface area contributed by atoms with Gasteiger partial charge < -0.3 is 24.3 Å². The number of carbonyl (C=O) groups is 2. The number of aliphatic hydroxyl groups is 1. The first-order valence-corrected chi connectivity index (χ1v) is 12.9. The van der Waals surface area contributed by atoms with Crippen molar-refractivity contribution in [2.75, 3.05) is 25.5 Å². The van der Waals surface area contributed by atoms with E-state index in [1.54, 1.807) is 54.1 Å². The molecule has 0 saturated carbocycles. The van der Waals surface area contributed by atoms with Gasteiger partial charge in [-0.3, -0.25) is 19.3 Å². The Morgan fingerprint density at radius 2 is 1.90 bits per heavy atom. The van der Waals surface area contributed by atoms with Crippen LogP contribution in [0, 0.1) is 6.92 Å². The Hall–Kier alpha value is -3.92. The summed E-state index contributed by atoms with van der Waals surface area (Å²) in [6.45, 7) is 2.76. The molecule has 2 amide bonds. The van der Waals surface area contributed by atoms with Crippen molar-refractivity contribution in [2.45, 2.75) is 32.7 Å². The summed E-state index contributed by atoms with van der Waals surface area (Å²) in [6, 6.07) is 14.2. The molecule has 202 valence electrons. The fourth-order valence-corrected chi connectivity index (χ4v) is 5.00. The van der Waals surface area contributed by atoms with E-state index in [1.807, 2.05) is 24.9 Å². The van der Waals surface area contributed by atoms with Crippen LogP contribution in [-0.2, 0) is 24.4 Å². The van der Waals surface area contributed by atoms with Crippen molar-refractivity contribution in [1.29, 1.82) is 0 Å². The smallest absolute Gasteiger partial charge is 0.257 e. The minimum absolute atomic E-state index is 0.0196. The normalized spacial score (nSPS) is 13.8. The van der Waals surface area contributed by atoms with Gasteiger partial charge in [0.2, 0.25) is 11.3 Å². The fraction of sp³-hybridized carbons (Fsp3) is 0.276. The molecule has 2 N–H and O–H groups in total. The van der Waals surface area contributed by atoms with Gasteiger partial charge in [0.25, 0.3) is 5.91 Å². The van der Waals surface area contributed by atoms with Crippen molar-refractivity contribution in [3.63, 3.8) is 0 Å². The molecule has 0 spiro atoms. The van der Waals surface area contributed by atoms with E-state index in [9.17, 15) is 19.5 Å². The molecule has 39 heavy (non-hydrogen) atoms. The summed E-state index contributed by atoms with van der Waals surface area (Å²) in [7, 11) is 3.52. The van der Waals surface area contributed by atoms with Crippen LogP contribution < -0.4 is 15.6 Å². The van der Waals surface area contributed by atoms with Gasteiger partial charge in [0.15, 0.2) is 0 Å². The average molecular weight is 549 g/mol. The third kappa shape index (κ3) is 5.47. The second kappa shape index (κ2) is 10.7. The highest BCUT2D eigenvalue weighted by atomic mass is 35.5. The molecule has 0 saturated heterocycles. The number of halogens is 1. The number of pyridine rings is 1. The van der Waals surface area contributed by atoms with Crippen molar-refractivity contribution in [3.8, 4) is 0 Å². The third-order valence-electron chi connectivity index (χ3n) is 6.89. The summed E-state index contributed by atoms with van der Waals surface area (Å²) < 4.78 is 7.20. The molecule has 0 fully saturated rings. The van der Waals surface area contributed by atoms with Crippen LogP contribution in [0.15, 0.2) is 63.9 Å². The first-order valence-electron chi connectivity index (χ1n) is 12.5. The van der Waals surface area contributed by atoms with Crippen molar-refractivity contribution >= 4 is 40.0 Å². The average Bonchev–Trinajstić information content (AvgIpc) is 3.34. The lowest BCUT2D eigenvalue weighted by atomic mass is 10.0. The second-order valence-electron chi connectivity index (χ2n) is 9.93. The molecule has 5 rings (SSSR count). The lowest BCUT2D eigenvalue weighted by molar-refractivity contribution is -0.119. The zero-order valence-electron chi connectivity index (χ0n) is 21.9.